The topological polar surface area (TPSA) is 20.3 Å². The first-order valence-electron chi connectivity index (χ1n) is 5.08. The molecule has 0 N–H and O–H groups in total. The van der Waals surface area contributed by atoms with Gasteiger partial charge in [0.15, 0.2) is 0 Å². The number of likely N-dealkylation sites (tertiary alicyclic amines) is 1. The van der Waals surface area contributed by atoms with E-state index in [1.54, 1.807) is 6.92 Å². The average molecular weight is 181 g/mol. The van der Waals surface area contributed by atoms with Crippen LogP contribution in [0.25, 0.3) is 0 Å². The summed E-state index contributed by atoms with van der Waals surface area (Å²) in [4.78, 5) is 13.5. The third-order valence-corrected chi connectivity index (χ3v) is 2.68. The van der Waals surface area contributed by atoms with Crippen LogP contribution >= 0.6 is 0 Å². The summed E-state index contributed by atoms with van der Waals surface area (Å²) in [7, 11) is 0. The van der Waals surface area contributed by atoms with Gasteiger partial charge < -0.3 is 0 Å². The van der Waals surface area contributed by atoms with Crippen molar-refractivity contribution in [2.24, 2.45) is 5.92 Å². The lowest BCUT2D eigenvalue weighted by molar-refractivity contribution is -0.122. The standard InChI is InChI=1S/C11H19NO/c1-3-4-7-12-8-5-6-11(9-12)10(2)13/h3-4,11H,5-9H2,1-2H3. The Hall–Kier alpha value is -0.630. The summed E-state index contributed by atoms with van der Waals surface area (Å²) < 4.78 is 0. The molecule has 1 fully saturated rings. The molecule has 0 spiro atoms. The predicted molar refractivity (Wildman–Crippen MR) is 54.7 cm³/mol. The van der Waals surface area contributed by atoms with E-state index >= 15 is 0 Å². The van der Waals surface area contributed by atoms with Crippen LogP contribution in [0.2, 0.25) is 0 Å². The van der Waals surface area contributed by atoms with Gasteiger partial charge in [-0.2, -0.15) is 0 Å². The van der Waals surface area contributed by atoms with Gasteiger partial charge in [-0.15, -0.1) is 0 Å². The van der Waals surface area contributed by atoms with E-state index in [2.05, 4.69) is 17.1 Å². The fourth-order valence-corrected chi connectivity index (χ4v) is 1.81. The normalized spacial score (nSPS) is 25.2. The van der Waals surface area contributed by atoms with Gasteiger partial charge in [-0.1, -0.05) is 12.2 Å². The molecule has 13 heavy (non-hydrogen) atoms. The van der Waals surface area contributed by atoms with E-state index in [1.165, 1.54) is 6.42 Å². The maximum absolute atomic E-state index is 11.2. The van der Waals surface area contributed by atoms with E-state index in [-0.39, 0.29) is 0 Å². The molecule has 1 aliphatic rings. The van der Waals surface area contributed by atoms with Crippen LogP contribution in [0.15, 0.2) is 12.2 Å². The molecule has 2 heteroatoms. The van der Waals surface area contributed by atoms with Crippen molar-refractivity contribution in [1.29, 1.82) is 0 Å². The molecule has 1 unspecified atom stereocenters. The van der Waals surface area contributed by atoms with E-state index in [0.717, 1.165) is 26.1 Å². The molecule has 0 saturated carbocycles. The molecule has 0 amide bonds. The van der Waals surface area contributed by atoms with Gasteiger partial charge >= 0.3 is 0 Å². The second-order valence-electron chi connectivity index (χ2n) is 3.78. The van der Waals surface area contributed by atoms with Crippen molar-refractivity contribution >= 4 is 5.78 Å². The maximum Gasteiger partial charge on any atom is 0.134 e. The van der Waals surface area contributed by atoms with Gasteiger partial charge in [-0.3, -0.25) is 9.69 Å². The number of hydrogen-bond donors (Lipinski definition) is 0. The van der Waals surface area contributed by atoms with Crippen LogP contribution in [0.4, 0.5) is 0 Å². The van der Waals surface area contributed by atoms with E-state index in [4.69, 9.17) is 0 Å². The summed E-state index contributed by atoms with van der Waals surface area (Å²) in [6.45, 7) is 6.85. The molecule has 1 saturated heterocycles. The first-order valence-corrected chi connectivity index (χ1v) is 5.08. The van der Waals surface area contributed by atoms with E-state index < -0.39 is 0 Å². The molecule has 0 aromatic heterocycles. The van der Waals surface area contributed by atoms with Crippen molar-refractivity contribution in [2.75, 3.05) is 19.6 Å². The molecule has 2 nitrogen and oxygen atoms in total. The Bertz CT molecular complexity index is 198. The first-order chi connectivity index (χ1) is 6.24. The Morgan fingerprint density at radius 3 is 3.00 bits per heavy atom. The number of Topliss-reactive ketones (excluding diaryl/α,β-unsaturated/α-hetero) is 1. The fraction of sp³-hybridized carbons (Fsp3) is 0.727. The van der Waals surface area contributed by atoms with Crippen LogP contribution in [-0.2, 0) is 4.79 Å². The Balaban J connectivity index is 2.37. The van der Waals surface area contributed by atoms with Gasteiger partial charge in [0.25, 0.3) is 0 Å². The van der Waals surface area contributed by atoms with Crippen molar-refractivity contribution in [3.05, 3.63) is 12.2 Å². The van der Waals surface area contributed by atoms with Crippen LogP contribution in [0.3, 0.4) is 0 Å². The largest absolute Gasteiger partial charge is 0.300 e. The monoisotopic (exact) mass is 181 g/mol. The van der Waals surface area contributed by atoms with Gasteiger partial charge in [-0.25, -0.2) is 0 Å². The molecular formula is C11H19NO. The minimum atomic E-state index is 0.291. The Kier molecular flexibility index (Phi) is 4.16. The molecule has 0 aliphatic carbocycles. The maximum atomic E-state index is 11.2. The van der Waals surface area contributed by atoms with Gasteiger partial charge in [0.1, 0.15) is 5.78 Å². The van der Waals surface area contributed by atoms with Crippen molar-refractivity contribution in [3.63, 3.8) is 0 Å². The third kappa shape index (κ3) is 3.31. The highest BCUT2D eigenvalue weighted by atomic mass is 16.1. The smallest absolute Gasteiger partial charge is 0.134 e. The average Bonchev–Trinajstić information content (AvgIpc) is 2.15. The molecule has 1 rings (SSSR count). The van der Waals surface area contributed by atoms with Crippen molar-refractivity contribution < 1.29 is 4.79 Å². The van der Waals surface area contributed by atoms with Crippen molar-refractivity contribution in [3.8, 4) is 0 Å². The lowest BCUT2D eigenvalue weighted by Gasteiger charge is -2.30. The number of piperidine rings is 1. The first kappa shape index (κ1) is 10.5. The van der Waals surface area contributed by atoms with E-state index in [1.807, 2.05) is 6.92 Å². The summed E-state index contributed by atoms with van der Waals surface area (Å²) in [6, 6.07) is 0. The molecule has 0 aromatic carbocycles. The zero-order valence-corrected chi connectivity index (χ0v) is 8.62. The molecule has 0 aromatic rings. The summed E-state index contributed by atoms with van der Waals surface area (Å²) in [5.41, 5.74) is 0. The number of nitrogens with zero attached hydrogens (tertiary/aromatic N) is 1. The van der Waals surface area contributed by atoms with Crippen LogP contribution in [0, 0.1) is 5.92 Å². The summed E-state index contributed by atoms with van der Waals surface area (Å²) in [5, 5.41) is 0. The van der Waals surface area contributed by atoms with Crippen LogP contribution < -0.4 is 0 Å². The number of carbonyl (C=O) groups is 1. The minimum Gasteiger partial charge on any atom is -0.300 e. The van der Waals surface area contributed by atoms with Gasteiger partial charge in [0, 0.05) is 19.0 Å². The molecule has 1 heterocycles. The predicted octanol–water partition coefficient (Wildman–Crippen LogP) is 1.86. The number of allylic oxidation sites excluding steroid dienone is 1. The molecule has 1 aliphatic heterocycles. The lowest BCUT2D eigenvalue weighted by Crippen LogP contribution is -2.38. The number of rotatable bonds is 3. The summed E-state index contributed by atoms with van der Waals surface area (Å²) in [6.07, 6.45) is 6.48. The molecule has 1 atom stereocenters. The second-order valence-corrected chi connectivity index (χ2v) is 3.78. The number of ketones is 1. The van der Waals surface area contributed by atoms with Gasteiger partial charge in [0.2, 0.25) is 0 Å². The van der Waals surface area contributed by atoms with Crippen molar-refractivity contribution in [2.45, 2.75) is 26.7 Å². The Labute approximate surface area is 80.6 Å². The van der Waals surface area contributed by atoms with Gasteiger partial charge in [-0.05, 0) is 33.2 Å². The Morgan fingerprint density at radius 1 is 1.62 bits per heavy atom. The molecule has 0 bridgehead atoms. The zero-order valence-electron chi connectivity index (χ0n) is 8.62. The zero-order chi connectivity index (χ0) is 9.68. The van der Waals surface area contributed by atoms with Crippen LogP contribution in [-0.4, -0.2) is 30.3 Å². The highest BCUT2D eigenvalue weighted by Crippen LogP contribution is 2.16. The SMILES string of the molecule is CC=CCN1CCCC(C(C)=O)C1. The minimum absolute atomic E-state index is 0.291. The number of carbonyl (C=O) groups excluding carboxylic acids is 1. The fourth-order valence-electron chi connectivity index (χ4n) is 1.81. The lowest BCUT2D eigenvalue weighted by atomic mass is 9.95. The van der Waals surface area contributed by atoms with Gasteiger partial charge in [0.05, 0.1) is 0 Å². The highest BCUT2D eigenvalue weighted by molar-refractivity contribution is 5.78. The molecule has 0 radical (unpaired) electrons. The molecule has 74 valence electrons. The Morgan fingerprint density at radius 2 is 2.38 bits per heavy atom. The summed E-state index contributed by atoms with van der Waals surface area (Å²) >= 11 is 0. The second kappa shape index (κ2) is 5.18. The van der Waals surface area contributed by atoms with Crippen LogP contribution in [0.1, 0.15) is 26.7 Å². The van der Waals surface area contributed by atoms with Crippen molar-refractivity contribution in [1.82, 2.24) is 4.90 Å². The third-order valence-electron chi connectivity index (χ3n) is 2.68. The van der Waals surface area contributed by atoms with E-state index in [0.29, 0.717) is 11.7 Å². The summed E-state index contributed by atoms with van der Waals surface area (Å²) in [5.74, 6) is 0.643. The van der Waals surface area contributed by atoms with Crippen LogP contribution in [0.5, 0.6) is 0 Å². The highest BCUT2D eigenvalue weighted by Gasteiger charge is 2.21. The number of hydrogen-bond acceptors (Lipinski definition) is 2. The van der Waals surface area contributed by atoms with E-state index in [9.17, 15) is 4.79 Å². The quantitative estimate of drug-likeness (QED) is 0.619. The molecular weight excluding hydrogens is 162 g/mol.